The standard InChI is InChI=1S/C30H26ClN3O5/c1-18-22(7-5-9-24(18)34-29(37)26-12-10-19(17-35)15-32-26)23-8-4-6-20(28(23)31)14-27(36)25-13-11-21(16-33-25)30(38-2)39-3/h4-13,15-17,30H,14H2,1-3H3,(H,34,37). The van der Waals surface area contributed by atoms with E-state index in [-0.39, 0.29) is 17.9 Å². The Balaban J connectivity index is 1.55. The summed E-state index contributed by atoms with van der Waals surface area (Å²) in [7, 11) is 3.05. The minimum absolute atomic E-state index is 0.0644. The molecule has 2 heterocycles. The van der Waals surface area contributed by atoms with Crippen LogP contribution in [0.3, 0.4) is 0 Å². The predicted octanol–water partition coefficient (Wildman–Crippen LogP) is 5.89. The van der Waals surface area contributed by atoms with Crippen LogP contribution >= 0.6 is 11.6 Å². The van der Waals surface area contributed by atoms with Gasteiger partial charge in [0, 0.05) is 55.4 Å². The van der Waals surface area contributed by atoms with Crippen LogP contribution in [0.5, 0.6) is 0 Å². The molecule has 9 heteroatoms. The number of amides is 1. The topological polar surface area (TPSA) is 107 Å². The molecule has 0 aliphatic rings. The molecule has 0 aliphatic heterocycles. The summed E-state index contributed by atoms with van der Waals surface area (Å²) in [5, 5.41) is 3.31. The molecule has 0 bridgehead atoms. The van der Waals surface area contributed by atoms with Gasteiger partial charge in [0.25, 0.3) is 5.91 Å². The summed E-state index contributed by atoms with van der Waals surface area (Å²) < 4.78 is 10.4. The Morgan fingerprint density at radius 2 is 1.62 bits per heavy atom. The summed E-state index contributed by atoms with van der Waals surface area (Å²) in [4.78, 5) is 44.9. The van der Waals surface area contributed by atoms with Gasteiger partial charge in [-0.15, -0.1) is 0 Å². The fourth-order valence-electron chi connectivity index (χ4n) is 4.12. The number of halogens is 1. The summed E-state index contributed by atoms with van der Waals surface area (Å²) in [6.45, 7) is 1.88. The van der Waals surface area contributed by atoms with Crippen molar-refractivity contribution in [1.82, 2.24) is 9.97 Å². The lowest BCUT2D eigenvalue weighted by molar-refractivity contribution is -0.106. The molecule has 1 amide bonds. The lowest BCUT2D eigenvalue weighted by Gasteiger charge is -2.15. The number of hydrogen-bond donors (Lipinski definition) is 1. The van der Waals surface area contributed by atoms with Crippen LogP contribution in [-0.4, -0.2) is 42.2 Å². The van der Waals surface area contributed by atoms with Crippen molar-refractivity contribution >= 4 is 35.3 Å². The van der Waals surface area contributed by atoms with Gasteiger partial charge in [-0.2, -0.15) is 0 Å². The van der Waals surface area contributed by atoms with Gasteiger partial charge in [-0.05, 0) is 47.9 Å². The zero-order chi connectivity index (χ0) is 27.9. The van der Waals surface area contributed by atoms with Crippen LogP contribution in [0.2, 0.25) is 5.02 Å². The summed E-state index contributed by atoms with van der Waals surface area (Å²) in [5.41, 5.74) is 5.16. The van der Waals surface area contributed by atoms with Gasteiger partial charge in [0.05, 0.1) is 5.02 Å². The second-order valence-corrected chi connectivity index (χ2v) is 9.06. The smallest absolute Gasteiger partial charge is 0.274 e. The molecule has 2 aromatic heterocycles. The molecule has 0 radical (unpaired) electrons. The number of aldehydes is 1. The number of ether oxygens (including phenoxy) is 2. The number of methoxy groups -OCH3 is 2. The third-order valence-corrected chi connectivity index (χ3v) is 6.68. The van der Waals surface area contributed by atoms with E-state index in [0.29, 0.717) is 39.4 Å². The number of aromatic nitrogens is 2. The predicted molar refractivity (Wildman–Crippen MR) is 148 cm³/mol. The van der Waals surface area contributed by atoms with E-state index >= 15 is 0 Å². The van der Waals surface area contributed by atoms with E-state index < -0.39 is 12.2 Å². The molecule has 0 aliphatic carbocycles. The number of nitrogens with one attached hydrogen (secondary N) is 1. The number of ketones is 1. The summed E-state index contributed by atoms with van der Waals surface area (Å²) >= 11 is 6.80. The highest BCUT2D eigenvalue weighted by molar-refractivity contribution is 6.34. The maximum absolute atomic E-state index is 13.0. The van der Waals surface area contributed by atoms with Crippen LogP contribution in [0, 0.1) is 6.92 Å². The Morgan fingerprint density at radius 1 is 0.923 bits per heavy atom. The Labute approximate surface area is 231 Å². The number of rotatable bonds is 10. The number of anilines is 1. The van der Waals surface area contributed by atoms with E-state index in [2.05, 4.69) is 15.3 Å². The first kappa shape index (κ1) is 27.8. The van der Waals surface area contributed by atoms with Crippen molar-refractivity contribution in [1.29, 1.82) is 0 Å². The van der Waals surface area contributed by atoms with Gasteiger partial charge in [-0.25, -0.2) is 0 Å². The summed E-state index contributed by atoms with van der Waals surface area (Å²) in [6, 6.07) is 17.4. The van der Waals surface area contributed by atoms with Crippen LogP contribution < -0.4 is 5.32 Å². The number of pyridine rings is 2. The molecule has 0 spiro atoms. The first-order valence-corrected chi connectivity index (χ1v) is 12.4. The first-order chi connectivity index (χ1) is 18.9. The van der Waals surface area contributed by atoms with E-state index in [4.69, 9.17) is 21.1 Å². The second-order valence-electron chi connectivity index (χ2n) is 8.69. The SMILES string of the molecule is COC(OC)c1ccc(C(=O)Cc2cccc(-c3cccc(NC(=O)c4ccc(C=O)cn4)c3C)c2Cl)nc1. The van der Waals surface area contributed by atoms with Gasteiger partial charge in [-0.3, -0.25) is 24.4 Å². The Bertz CT molecular complexity index is 1500. The van der Waals surface area contributed by atoms with Crippen LogP contribution in [0.1, 0.15) is 54.3 Å². The highest BCUT2D eigenvalue weighted by Gasteiger charge is 2.18. The Kier molecular flexibility index (Phi) is 8.93. The van der Waals surface area contributed by atoms with Crippen LogP contribution in [-0.2, 0) is 15.9 Å². The molecular weight excluding hydrogens is 518 g/mol. The van der Waals surface area contributed by atoms with Gasteiger partial charge in [0.1, 0.15) is 11.4 Å². The highest BCUT2D eigenvalue weighted by Crippen LogP contribution is 2.36. The van der Waals surface area contributed by atoms with E-state index in [1.54, 1.807) is 30.5 Å². The fraction of sp³-hybridized carbons (Fsp3) is 0.167. The normalized spacial score (nSPS) is 10.9. The van der Waals surface area contributed by atoms with Gasteiger partial charge >= 0.3 is 0 Å². The second kappa shape index (κ2) is 12.5. The lowest BCUT2D eigenvalue weighted by atomic mass is 9.95. The van der Waals surface area contributed by atoms with Gasteiger partial charge in [0.15, 0.2) is 18.4 Å². The largest absolute Gasteiger partial charge is 0.352 e. The van der Waals surface area contributed by atoms with Crippen LogP contribution in [0.4, 0.5) is 5.69 Å². The molecule has 0 saturated carbocycles. The molecule has 2 aromatic carbocycles. The lowest BCUT2D eigenvalue weighted by Crippen LogP contribution is -2.14. The third-order valence-electron chi connectivity index (χ3n) is 6.23. The number of nitrogens with zero attached hydrogens (tertiary/aromatic N) is 2. The molecule has 1 N–H and O–H groups in total. The number of carbonyl (C=O) groups excluding carboxylic acids is 3. The molecule has 0 atom stereocenters. The Hall–Kier alpha value is -4.24. The first-order valence-electron chi connectivity index (χ1n) is 12.0. The van der Waals surface area contributed by atoms with Crippen molar-refractivity contribution < 1.29 is 23.9 Å². The van der Waals surface area contributed by atoms with Crippen molar-refractivity contribution in [3.05, 3.63) is 112 Å². The van der Waals surface area contributed by atoms with E-state index in [0.717, 1.165) is 16.7 Å². The molecule has 39 heavy (non-hydrogen) atoms. The van der Waals surface area contributed by atoms with Gasteiger partial charge in [-0.1, -0.05) is 48.0 Å². The highest BCUT2D eigenvalue weighted by atomic mass is 35.5. The van der Waals surface area contributed by atoms with E-state index in [9.17, 15) is 14.4 Å². The minimum atomic E-state index is -0.559. The van der Waals surface area contributed by atoms with Crippen LogP contribution in [0.25, 0.3) is 11.1 Å². The molecule has 4 rings (SSSR count). The molecular formula is C30H26ClN3O5. The van der Waals surface area contributed by atoms with E-state index in [1.165, 1.54) is 32.5 Å². The van der Waals surface area contributed by atoms with E-state index in [1.807, 2.05) is 31.2 Å². The molecule has 0 saturated heterocycles. The van der Waals surface area contributed by atoms with Crippen molar-refractivity contribution in [3.8, 4) is 11.1 Å². The average Bonchev–Trinajstić information content (AvgIpc) is 2.96. The van der Waals surface area contributed by atoms with Crippen molar-refractivity contribution in [3.63, 3.8) is 0 Å². The quantitative estimate of drug-likeness (QED) is 0.151. The van der Waals surface area contributed by atoms with Crippen molar-refractivity contribution in [2.45, 2.75) is 19.6 Å². The average molecular weight is 544 g/mol. The monoisotopic (exact) mass is 543 g/mol. The number of Topliss-reactive ketones (excluding diaryl/α,β-unsaturated/α-hetero) is 1. The number of benzene rings is 2. The molecule has 0 unspecified atom stereocenters. The third kappa shape index (κ3) is 6.26. The Morgan fingerprint density at radius 3 is 2.26 bits per heavy atom. The van der Waals surface area contributed by atoms with Crippen molar-refractivity contribution in [2.24, 2.45) is 0 Å². The molecule has 8 nitrogen and oxygen atoms in total. The molecule has 4 aromatic rings. The maximum Gasteiger partial charge on any atom is 0.274 e. The zero-order valence-corrected chi connectivity index (χ0v) is 22.4. The minimum Gasteiger partial charge on any atom is -0.352 e. The molecule has 198 valence electrons. The fourth-order valence-corrected chi connectivity index (χ4v) is 4.42. The molecule has 0 fully saturated rings. The zero-order valence-electron chi connectivity index (χ0n) is 21.6. The summed E-state index contributed by atoms with van der Waals surface area (Å²) in [6.07, 6.45) is 3.07. The number of carbonyl (C=O) groups is 3. The summed E-state index contributed by atoms with van der Waals surface area (Å²) in [5.74, 6) is -0.586. The number of hydrogen-bond acceptors (Lipinski definition) is 7. The van der Waals surface area contributed by atoms with Crippen molar-refractivity contribution in [2.75, 3.05) is 19.5 Å². The maximum atomic E-state index is 13.0. The van der Waals surface area contributed by atoms with Gasteiger partial charge < -0.3 is 14.8 Å². The van der Waals surface area contributed by atoms with Gasteiger partial charge in [0.2, 0.25) is 0 Å². The van der Waals surface area contributed by atoms with Crippen LogP contribution in [0.15, 0.2) is 73.1 Å².